The normalized spacial score (nSPS) is 26.1. The van der Waals surface area contributed by atoms with Crippen LogP contribution >= 0.6 is 0 Å². The van der Waals surface area contributed by atoms with Gasteiger partial charge in [-0.05, 0) is 13.8 Å². The van der Waals surface area contributed by atoms with E-state index in [2.05, 4.69) is 14.9 Å². The second-order valence-corrected chi connectivity index (χ2v) is 5.92. The highest BCUT2D eigenvalue weighted by molar-refractivity contribution is 5.86. The van der Waals surface area contributed by atoms with Crippen molar-refractivity contribution >= 4 is 11.7 Å². The number of carbonyl (C=O) groups excluding carboxylic acids is 1. The first-order valence-electron chi connectivity index (χ1n) is 7.63. The quantitative estimate of drug-likeness (QED) is 0.780. The van der Waals surface area contributed by atoms with Gasteiger partial charge in [0.05, 0.1) is 26.4 Å². The van der Waals surface area contributed by atoms with E-state index >= 15 is 0 Å². The van der Waals surface area contributed by atoms with E-state index in [0.717, 1.165) is 18.1 Å². The monoisotopic (exact) mass is 306 g/mol. The Labute approximate surface area is 130 Å². The number of aryl methyl sites for hydroxylation is 1. The highest BCUT2D eigenvalue weighted by atomic mass is 16.5. The van der Waals surface area contributed by atoms with Gasteiger partial charge in [0, 0.05) is 31.4 Å². The van der Waals surface area contributed by atoms with Gasteiger partial charge in [0.25, 0.3) is 5.91 Å². The van der Waals surface area contributed by atoms with Gasteiger partial charge in [-0.2, -0.15) is 0 Å². The Morgan fingerprint density at radius 3 is 2.73 bits per heavy atom. The van der Waals surface area contributed by atoms with E-state index in [-0.39, 0.29) is 5.91 Å². The number of hydrogen-bond donors (Lipinski definition) is 0. The van der Waals surface area contributed by atoms with Crippen LogP contribution in [-0.4, -0.2) is 72.4 Å². The molecule has 1 atom stereocenters. The molecule has 0 unspecified atom stereocenters. The first-order valence-corrected chi connectivity index (χ1v) is 7.63. The second-order valence-electron chi connectivity index (χ2n) is 5.92. The average molecular weight is 306 g/mol. The minimum Gasteiger partial charge on any atom is -0.378 e. The number of amides is 1. The molecule has 0 aliphatic carbocycles. The summed E-state index contributed by atoms with van der Waals surface area (Å²) in [6.07, 6.45) is 1.56. The Hall–Kier alpha value is -1.73. The van der Waals surface area contributed by atoms with Crippen molar-refractivity contribution in [2.45, 2.75) is 19.4 Å². The van der Waals surface area contributed by atoms with Crippen molar-refractivity contribution in [2.24, 2.45) is 0 Å². The van der Waals surface area contributed by atoms with E-state index < -0.39 is 5.60 Å². The minimum absolute atomic E-state index is 0.0336. The molecule has 1 amide bonds. The summed E-state index contributed by atoms with van der Waals surface area (Å²) >= 11 is 0. The third-order valence-corrected chi connectivity index (χ3v) is 4.14. The van der Waals surface area contributed by atoms with Gasteiger partial charge in [0.1, 0.15) is 12.1 Å². The summed E-state index contributed by atoms with van der Waals surface area (Å²) in [5, 5.41) is 0. The largest absolute Gasteiger partial charge is 0.378 e. The molecular formula is C15H22N4O3. The van der Waals surface area contributed by atoms with Crippen LogP contribution in [0.1, 0.15) is 12.6 Å². The number of carbonyl (C=O) groups is 1. The van der Waals surface area contributed by atoms with Gasteiger partial charge in [-0.25, -0.2) is 9.97 Å². The van der Waals surface area contributed by atoms with Crippen LogP contribution in [-0.2, 0) is 14.3 Å². The Bertz CT molecular complexity index is 547. The maximum Gasteiger partial charge on any atom is 0.256 e. The maximum absolute atomic E-state index is 12.8. The van der Waals surface area contributed by atoms with Crippen LogP contribution in [0.5, 0.6) is 0 Å². The SMILES string of the molecule is Cc1cc(N2CCO[C@@](C)(C(=O)N3CCOCC3)C2)ncn1. The van der Waals surface area contributed by atoms with Crippen LogP contribution in [0.15, 0.2) is 12.4 Å². The van der Waals surface area contributed by atoms with Crippen LogP contribution in [0.3, 0.4) is 0 Å². The highest BCUT2D eigenvalue weighted by Crippen LogP contribution is 2.24. The van der Waals surface area contributed by atoms with Crippen molar-refractivity contribution in [1.82, 2.24) is 14.9 Å². The fourth-order valence-corrected chi connectivity index (χ4v) is 2.91. The predicted molar refractivity (Wildman–Crippen MR) is 80.7 cm³/mol. The Morgan fingerprint density at radius 1 is 1.23 bits per heavy atom. The number of rotatable bonds is 2. The molecule has 2 aliphatic heterocycles. The van der Waals surface area contributed by atoms with Crippen LogP contribution in [0, 0.1) is 6.92 Å². The number of nitrogens with zero attached hydrogens (tertiary/aromatic N) is 4. The molecule has 120 valence electrons. The standard InChI is InChI=1S/C15H22N4O3/c1-12-9-13(17-11-16-12)19-5-8-22-15(2,10-19)14(20)18-3-6-21-7-4-18/h9,11H,3-8,10H2,1-2H3/t15-/m1/s1. The highest BCUT2D eigenvalue weighted by Gasteiger charge is 2.42. The first kappa shape index (κ1) is 15.2. The van der Waals surface area contributed by atoms with Crippen LogP contribution in [0.4, 0.5) is 5.82 Å². The molecule has 0 radical (unpaired) electrons. The van der Waals surface area contributed by atoms with E-state index in [1.165, 1.54) is 0 Å². The van der Waals surface area contributed by atoms with Crippen molar-refractivity contribution in [3.63, 3.8) is 0 Å². The van der Waals surface area contributed by atoms with Gasteiger partial charge in [0.2, 0.25) is 0 Å². The molecule has 3 rings (SSSR count). The number of ether oxygens (including phenoxy) is 2. The molecule has 2 saturated heterocycles. The summed E-state index contributed by atoms with van der Waals surface area (Å²) in [6, 6.07) is 1.94. The van der Waals surface area contributed by atoms with Crippen LogP contribution in [0.25, 0.3) is 0 Å². The van der Waals surface area contributed by atoms with Crippen LogP contribution in [0.2, 0.25) is 0 Å². The molecule has 3 heterocycles. The smallest absolute Gasteiger partial charge is 0.256 e. The number of anilines is 1. The van der Waals surface area contributed by atoms with Crippen LogP contribution < -0.4 is 4.90 Å². The van der Waals surface area contributed by atoms with Gasteiger partial charge in [0.15, 0.2) is 5.60 Å². The molecule has 1 aromatic heterocycles. The van der Waals surface area contributed by atoms with Crippen molar-refractivity contribution in [2.75, 3.05) is 50.9 Å². The zero-order valence-corrected chi connectivity index (χ0v) is 13.1. The predicted octanol–water partition coefficient (Wildman–Crippen LogP) is 0.239. The molecule has 0 saturated carbocycles. The molecular weight excluding hydrogens is 284 g/mol. The fraction of sp³-hybridized carbons (Fsp3) is 0.667. The number of aromatic nitrogens is 2. The summed E-state index contributed by atoms with van der Waals surface area (Å²) < 4.78 is 11.2. The minimum atomic E-state index is -0.839. The lowest BCUT2D eigenvalue weighted by Gasteiger charge is -2.42. The summed E-state index contributed by atoms with van der Waals surface area (Å²) in [4.78, 5) is 25.2. The zero-order valence-electron chi connectivity index (χ0n) is 13.1. The molecule has 7 nitrogen and oxygen atoms in total. The van der Waals surface area contributed by atoms with Gasteiger partial charge in [-0.1, -0.05) is 0 Å². The summed E-state index contributed by atoms with van der Waals surface area (Å²) in [7, 11) is 0. The Kier molecular flexibility index (Phi) is 4.26. The zero-order chi connectivity index (χ0) is 15.6. The van der Waals surface area contributed by atoms with Crippen molar-refractivity contribution < 1.29 is 14.3 Å². The Morgan fingerprint density at radius 2 is 2.00 bits per heavy atom. The first-order chi connectivity index (χ1) is 10.6. The summed E-state index contributed by atoms with van der Waals surface area (Å²) in [5.74, 6) is 0.878. The topological polar surface area (TPSA) is 67.8 Å². The third kappa shape index (κ3) is 3.05. The lowest BCUT2D eigenvalue weighted by Crippen LogP contribution is -2.60. The molecule has 2 fully saturated rings. The number of hydrogen-bond acceptors (Lipinski definition) is 6. The fourth-order valence-electron chi connectivity index (χ4n) is 2.91. The van der Waals surface area contributed by atoms with Gasteiger partial charge < -0.3 is 19.3 Å². The molecule has 7 heteroatoms. The summed E-state index contributed by atoms with van der Waals surface area (Å²) in [5.41, 5.74) is 0.0757. The molecule has 0 spiro atoms. The van der Waals surface area contributed by atoms with Gasteiger partial charge >= 0.3 is 0 Å². The van der Waals surface area contributed by atoms with Crippen molar-refractivity contribution in [3.8, 4) is 0 Å². The molecule has 22 heavy (non-hydrogen) atoms. The van der Waals surface area contributed by atoms with E-state index in [1.54, 1.807) is 6.33 Å². The van der Waals surface area contributed by atoms with E-state index in [9.17, 15) is 4.79 Å². The third-order valence-electron chi connectivity index (χ3n) is 4.14. The average Bonchev–Trinajstić information content (AvgIpc) is 2.55. The van der Waals surface area contributed by atoms with Gasteiger partial charge in [-0.3, -0.25) is 4.79 Å². The number of morpholine rings is 2. The molecule has 0 N–H and O–H groups in total. The molecule has 0 bridgehead atoms. The maximum atomic E-state index is 12.8. The lowest BCUT2D eigenvalue weighted by molar-refractivity contribution is -0.161. The van der Waals surface area contributed by atoms with Crippen molar-refractivity contribution in [1.29, 1.82) is 0 Å². The molecule has 1 aromatic rings. The molecule has 2 aliphatic rings. The van der Waals surface area contributed by atoms with E-state index in [1.807, 2.05) is 24.8 Å². The van der Waals surface area contributed by atoms with E-state index in [0.29, 0.717) is 39.5 Å². The second kappa shape index (κ2) is 6.18. The van der Waals surface area contributed by atoms with E-state index in [4.69, 9.17) is 9.47 Å². The Balaban J connectivity index is 1.74. The summed E-state index contributed by atoms with van der Waals surface area (Å²) in [6.45, 7) is 7.98. The lowest BCUT2D eigenvalue weighted by atomic mass is 10.0. The van der Waals surface area contributed by atoms with Gasteiger partial charge in [-0.15, -0.1) is 0 Å². The molecule has 0 aromatic carbocycles. The van der Waals surface area contributed by atoms with Crippen molar-refractivity contribution in [3.05, 3.63) is 18.1 Å².